The fourth-order valence-electron chi connectivity index (χ4n) is 1.49. The molecule has 0 heterocycles. The highest BCUT2D eigenvalue weighted by Crippen LogP contribution is 2.36. The Morgan fingerprint density at radius 3 is 2.47 bits per heavy atom. The normalized spacial score (nSPS) is 13.5. The molecule has 1 aromatic carbocycles. The van der Waals surface area contributed by atoms with Gasteiger partial charge in [0.1, 0.15) is 0 Å². The van der Waals surface area contributed by atoms with E-state index in [1.165, 1.54) is 12.1 Å². The van der Waals surface area contributed by atoms with Gasteiger partial charge in [0.05, 0.1) is 10.6 Å². The Kier molecular flexibility index (Phi) is 4.22. The molecule has 0 fully saturated rings. The van der Waals surface area contributed by atoms with Crippen molar-refractivity contribution in [2.75, 3.05) is 0 Å². The van der Waals surface area contributed by atoms with Crippen molar-refractivity contribution >= 4 is 11.6 Å². The second kappa shape index (κ2) is 5.10. The van der Waals surface area contributed by atoms with Gasteiger partial charge in [0.25, 0.3) is 0 Å². The van der Waals surface area contributed by atoms with Crippen LogP contribution in [0.2, 0.25) is 5.02 Å². The van der Waals surface area contributed by atoms with Crippen LogP contribution in [0.5, 0.6) is 0 Å². The summed E-state index contributed by atoms with van der Waals surface area (Å²) in [6.45, 7) is 5.52. The molecular weight excluding hydrogens is 251 g/mol. The van der Waals surface area contributed by atoms with Gasteiger partial charge in [-0.25, -0.2) is 0 Å². The monoisotopic (exact) mass is 263 g/mol. The van der Waals surface area contributed by atoms with Gasteiger partial charge in [-0.1, -0.05) is 23.2 Å². The van der Waals surface area contributed by atoms with E-state index in [0.717, 1.165) is 11.6 Å². The van der Waals surface area contributed by atoms with Crippen LogP contribution < -0.4 is 5.73 Å². The summed E-state index contributed by atoms with van der Waals surface area (Å²) in [4.78, 5) is 0. The third kappa shape index (κ3) is 3.75. The van der Waals surface area contributed by atoms with Crippen LogP contribution in [-0.2, 0) is 6.18 Å². The predicted octanol–water partition coefficient (Wildman–Crippen LogP) is 4.32. The van der Waals surface area contributed by atoms with Crippen LogP contribution in [0.4, 0.5) is 13.2 Å². The number of alkyl halides is 3. The van der Waals surface area contributed by atoms with Gasteiger partial charge < -0.3 is 5.73 Å². The summed E-state index contributed by atoms with van der Waals surface area (Å²) in [5.41, 5.74) is 6.43. The molecule has 2 N–H and O–H groups in total. The van der Waals surface area contributed by atoms with Gasteiger partial charge in [-0.3, -0.25) is 0 Å². The Bertz CT molecular complexity index is 426. The molecule has 1 rings (SSSR count). The Balaban J connectivity index is 3.00. The van der Waals surface area contributed by atoms with Crippen LogP contribution in [0.25, 0.3) is 0 Å². The molecule has 0 saturated carbocycles. The van der Waals surface area contributed by atoms with Gasteiger partial charge >= 0.3 is 6.18 Å². The highest BCUT2D eigenvalue weighted by atomic mass is 35.5. The summed E-state index contributed by atoms with van der Waals surface area (Å²) in [5, 5.41) is -0.327. The number of halogens is 4. The maximum atomic E-state index is 12.5. The molecule has 1 aromatic rings. The standard InChI is InChI=1S/C12H13ClF3N/c1-7(2)5-11(17)8-3-4-9(10(13)6-8)12(14,15)16/h3-4,6,11H,1,5,17H2,2H3/t11-/m0/s1. The van der Waals surface area contributed by atoms with Crippen LogP contribution in [-0.4, -0.2) is 0 Å². The van der Waals surface area contributed by atoms with E-state index in [0.29, 0.717) is 12.0 Å². The summed E-state index contributed by atoms with van der Waals surface area (Å²) in [5.74, 6) is 0. The maximum absolute atomic E-state index is 12.5. The summed E-state index contributed by atoms with van der Waals surface area (Å²) < 4.78 is 37.4. The topological polar surface area (TPSA) is 26.0 Å². The number of rotatable bonds is 3. The summed E-state index contributed by atoms with van der Waals surface area (Å²) in [7, 11) is 0. The van der Waals surface area contributed by atoms with E-state index in [1.54, 1.807) is 0 Å². The van der Waals surface area contributed by atoms with Gasteiger partial charge in [0, 0.05) is 6.04 Å². The lowest BCUT2D eigenvalue weighted by molar-refractivity contribution is -0.137. The Morgan fingerprint density at radius 2 is 2.06 bits per heavy atom. The first-order chi connectivity index (χ1) is 7.71. The zero-order chi connectivity index (χ0) is 13.2. The van der Waals surface area contributed by atoms with Gasteiger partial charge in [-0.15, -0.1) is 6.58 Å². The van der Waals surface area contributed by atoms with Crippen molar-refractivity contribution in [3.8, 4) is 0 Å². The Morgan fingerprint density at radius 1 is 1.47 bits per heavy atom. The number of benzene rings is 1. The van der Waals surface area contributed by atoms with Gasteiger partial charge in [-0.2, -0.15) is 13.2 Å². The minimum atomic E-state index is -4.44. The van der Waals surface area contributed by atoms with Crippen LogP contribution in [0, 0.1) is 0 Å². The van der Waals surface area contributed by atoms with E-state index in [1.807, 2.05) is 6.92 Å². The molecule has 17 heavy (non-hydrogen) atoms. The summed E-state index contributed by atoms with van der Waals surface area (Å²) in [6.07, 6.45) is -3.92. The average Bonchev–Trinajstić information content (AvgIpc) is 2.14. The van der Waals surface area contributed by atoms with E-state index in [9.17, 15) is 13.2 Å². The van der Waals surface area contributed by atoms with Crippen LogP contribution in [0.1, 0.15) is 30.5 Å². The van der Waals surface area contributed by atoms with Crippen molar-refractivity contribution in [1.82, 2.24) is 0 Å². The minimum Gasteiger partial charge on any atom is -0.324 e. The third-order valence-electron chi connectivity index (χ3n) is 2.30. The van der Waals surface area contributed by atoms with Crippen molar-refractivity contribution in [2.24, 2.45) is 5.73 Å². The smallest absolute Gasteiger partial charge is 0.324 e. The lowest BCUT2D eigenvalue weighted by atomic mass is 10.00. The zero-order valence-electron chi connectivity index (χ0n) is 9.31. The highest BCUT2D eigenvalue weighted by Gasteiger charge is 2.33. The molecule has 1 nitrogen and oxygen atoms in total. The molecule has 0 spiro atoms. The van der Waals surface area contributed by atoms with Gasteiger partial charge in [-0.05, 0) is 31.0 Å². The minimum absolute atomic E-state index is 0.327. The van der Waals surface area contributed by atoms with Gasteiger partial charge in [0.15, 0.2) is 0 Å². The molecule has 0 unspecified atom stereocenters. The van der Waals surface area contributed by atoms with E-state index in [2.05, 4.69) is 6.58 Å². The first-order valence-electron chi connectivity index (χ1n) is 4.98. The zero-order valence-corrected chi connectivity index (χ0v) is 10.1. The largest absolute Gasteiger partial charge is 0.417 e. The molecule has 0 amide bonds. The third-order valence-corrected chi connectivity index (χ3v) is 2.61. The molecule has 0 aromatic heterocycles. The molecule has 0 radical (unpaired) electrons. The molecule has 0 aliphatic rings. The molecule has 1 atom stereocenters. The second-order valence-electron chi connectivity index (χ2n) is 4.00. The molecular formula is C12H13ClF3N. The predicted molar refractivity (Wildman–Crippen MR) is 62.8 cm³/mol. The van der Waals surface area contributed by atoms with E-state index in [-0.39, 0.29) is 11.1 Å². The van der Waals surface area contributed by atoms with Crippen molar-refractivity contribution in [3.05, 3.63) is 46.5 Å². The van der Waals surface area contributed by atoms with Gasteiger partial charge in [0.2, 0.25) is 0 Å². The fraction of sp³-hybridized carbons (Fsp3) is 0.333. The quantitative estimate of drug-likeness (QED) is 0.808. The van der Waals surface area contributed by atoms with Crippen molar-refractivity contribution in [1.29, 1.82) is 0 Å². The molecule has 0 aliphatic heterocycles. The SMILES string of the molecule is C=C(C)C[C@H](N)c1ccc(C(F)(F)F)c(Cl)c1. The lowest BCUT2D eigenvalue weighted by Crippen LogP contribution is -2.12. The second-order valence-corrected chi connectivity index (χ2v) is 4.41. The van der Waals surface area contributed by atoms with Crippen molar-refractivity contribution in [3.63, 3.8) is 0 Å². The van der Waals surface area contributed by atoms with Crippen LogP contribution in [0.15, 0.2) is 30.4 Å². The fourth-order valence-corrected chi connectivity index (χ4v) is 1.78. The summed E-state index contributed by atoms with van der Waals surface area (Å²) >= 11 is 5.60. The molecule has 0 saturated heterocycles. The van der Waals surface area contributed by atoms with Crippen molar-refractivity contribution < 1.29 is 13.2 Å². The Hall–Kier alpha value is -1.00. The Labute approximate surface area is 103 Å². The van der Waals surface area contributed by atoms with Crippen LogP contribution >= 0.6 is 11.6 Å². The molecule has 0 bridgehead atoms. The van der Waals surface area contributed by atoms with E-state index < -0.39 is 11.7 Å². The maximum Gasteiger partial charge on any atom is 0.417 e. The van der Waals surface area contributed by atoms with E-state index in [4.69, 9.17) is 17.3 Å². The molecule has 0 aliphatic carbocycles. The number of hydrogen-bond donors (Lipinski definition) is 1. The number of hydrogen-bond acceptors (Lipinski definition) is 1. The molecule has 5 heteroatoms. The average molecular weight is 264 g/mol. The lowest BCUT2D eigenvalue weighted by Gasteiger charge is -2.15. The highest BCUT2D eigenvalue weighted by molar-refractivity contribution is 6.31. The first kappa shape index (κ1) is 14.1. The number of nitrogens with two attached hydrogens (primary N) is 1. The summed E-state index contributed by atoms with van der Waals surface area (Å²) in [6, 6.07) is 3.18. The van der Waals surface area contributed by atoms with Crippen LogP contribution in [0.3, 0.4) is 0 Å². The van der Waals surface area contributed by atoms with E-state index >= 15 is 0 Å². The van der Waals surface area contributed by atoms with Crippen molar-refractivity contribution in [2.45, 2.75) is 25.6 Å². The molecule has 94 valence electrons. The first-order valence-corrected chi connectivity index (χ1v) is 5.36.